The number of fused-ring (bicyclic) bond motifs is 1. The summed E-state index contributed by atoms with van der Waals surface area (Å²) in [5, 5.41) is 14.7. The van der Waals surface area contributed by atoms with Crippen LogP contribution in [-0.4, -0.2) is 36.3 Å². The van der Waals surface area contributed by atoms with Gasteiger partial charge in [0.2, 0.25) is 11.7 Å². The highest BCUT2D eigenvalue weighted by atomic mass is 32.1. The average Bonchev–Trinajstić information content (AvgIpc) is 3.31. The smallest absolute Gasteiger partial charge is 0.244 e. The molecule has 0 amide bonds. The lowest BCUT2D eigenvalue weighted by Gasteiger charge is -2.30. The zero-order valence-electron chi connectivity index (χ0n) is 13.1. The van der Waals surface area contributed by atoms with Gasteiger partial charge in [-0.3, -0.25) is 4.90 Å². The fraction of sp³-hybridized carbons (Fsp3) is 0.467. The van der Waals surface area contributed by atoms with E-state index in [2.05, 4.69) is 43.7 Å². The van der Waals surface area contributed by atoms with Gasteiger partial charge in [-0.05, 0) is 18.4 Å². The summed E-state index contributed by atoms with van der Waals surface area (Å²) in [6.45, 7) is 6.79. The van der Waals surface area contributed by atoms with Crippen LogP contribution >= 0.6 is 11.3 Å². The first-order valence-electron chi connectivity index (χ1n) is 7.78. The minimum Gasteiger partial charge on any atom is -0.337 e. The molecule has 1 atom stereocenters. The second-order valence-electron chi connectivity index (χ2n) is 5.62. The van der Waals surface area contributed by atoms with Crippen LogP contribution in [0.1, 0.15) is 37.4 Å². The van der Waals surface area contributed by atoms with Crippen LogP contribution < -0.4 is 0 Å². The van der Waals surface area contributed by atoms with Gasteiger partial charge in [0.15, 0.2) is 0 Å². The first-order valence-corrected chi connectivity index (χ1v) is 8.66. The molecule has 0 aliphatic carbocycles. The second-order valence-corrected chi connectivity index (χ2v) is 6.57. The molecule has 23 heavy (non-hydrogen) atoms. The highest BCUT2D eigenvalue weighted by Gasteiger charge is 2.28. The van der Waals surface area contributed by atoms with Gasteiger partial charge in [-0.15, -0.1) is 21.5 Å². The molecule has 120 valence electrons. The van der Waals surface area contributed by atoms with Gasteiger partial charge in [0, 0.05) is 19.5 Å². The van der Waals surface area contributed by atoms with Crippen molar-refractivity contribution in [2.45, 2.75) is 39.4 Å². The van der Waals surface area contributed by atoms with Crippen molar-refractivity contribution in [2.24, 2.45) is 0 Å². The first kappa shape index (κ1) is 14.5. The van der Waals surface area contributed by atoms with Gasteiger partial charge in [0.05, 0.1) is 17.5 Å². The molecule has 3 aromatic heterocycles. The summed E-state index contributed by atoms with van der Waals surface area (Å²) < 4.78 is 7.70. The van der Waals surface area contributed by atoms with Crippen LogP contribution in [-0.2, 0) is 19.5 Å². The molecule has 1 aliphatic heterocycles. The summed E-state index contributed by atoms with van der Waals surface area (Å²) in [7, 11) is 0. The molecule has 0 spiro atoms. The minimum absolute atomic E-state index is 0.0618. The maximum absolute atomic E-state index is 5.48. The molecule has 0 saturated heterocycles. The molecule has 8 heteroatoms. The molecule has 0 saturated carbocycles. The lowest BCUT2D eigenvalue weighted by molar-refractivity contribution is 0.135. The molecule has 3 aromatic rings. The van der Waals surface area contributed by atoms with E-state index in [0.717, 1.165) is 42.6 Å². The highest BCUT2D eigenvalue weighted by Crippen LogP contribution is 2.27. The SMILES string of the molecule is CCc1nnc2n1CCN([C@H](C)c1nc(-c3cccs3)no1)C2. The van der Waals surface area contributed by atoms with Crippen molar-refractivity contribution in [3.8, 4) is 10.7 Å². The van der Waals surface area contributed by atoms with Crippen LogP contribution in [0.4, 0.5) is 0 Å². The van der Waals surface area contributed by atoms with Gasteiger partial charge in [0.25, 0.3) is 0 Å². The Labute approximate surface area is 138 Å². The lowest BCUT2D eigenvalue weighted by atomic mass is 10.2. The molecule has 0 bridgehead atoms. The van der Waals surface area contributed by atoms with Crippen molar-refractivity contribution >= 4 is 11.3 Å². The van der Waals surface area contributed by atoms with Crippen molar-refractivity contribution in [1.29, 1.82) is 0 Å². The Morgan fingerprint density at radius 3 is 3.04 bits per heavy atom. The van der Waals surface area contributed by atoms with E-state index in [1.165, 1.54) is 0 Å². The number of hydrogen-bond donors (Lipinski definition) is 0. The number of hydrogen-bond acceptors (Lipinski definition) is 7. The summed E-state index contributed by atoms with van der Waals surface area (Å²) in [6.07, 6.45) is 0.913. The Morgan fingerprint density at radius 2 is 2.26 bits per heavy atom. The van der Waals surface area contributed by atoms with Crippen LogP contribution in [0.25, 0.3) is 10.7 Å². The monoisotopic (exact) mass is 330 g/mol. The zero-order chi connectivity index (χ0) is 15.8. The van der Waals surface area contributed by atoms with E-state index >= 15 is 0 Å². The fourth-order valence-electron chi connectivity index (χ4n) is 2.90. The second kappa shape index (κ2) is 5.86. The molecule has 0 N–H and O–H groups in total. The van der Waals surface area contributed by atoms with E-state index < -0.39 is 0 Å². The number of thiophene rings is 1. The molecule has 0 fully saturated rings. The van der Waals surface area contributed by atoms with Gasteiger partial charge in [-0.2, -0.15) is 4.98 Å². The standard InChI is InChI=1S/C15H18N6OS/c1-3-12-17-18-13-9-20(6-7-21(12)13)10(2)15-16-14(19-22-15)11-5-4-8-23-11/h4-5,8,10H,3,6-7,9H2,1-2H3/t10-/m1/s1. The van der Waals surface area contributed by atoms with Crippen LogP contribution in [0.15, 0.2) is 22.0 Å². The molecule has 0 aromatic carbocycles. The van der Waals surface area contributed by atoms with E-state index in [4.69, 9.17) is 4.52 Å². The number of aryl methyl sites for hydroxylation is 1. The minimum atomic E-state index is 0.0618. The largest absolute Gasteiger partial charge is 0.337 e. The average molecular weight is 330 g/mol. The third-order valence-electron chi connectivity index (χ3n) is 4.26. The lowest BCUT2D eigenvalue weighted by Crippen LogP contribution is -2.36. The van der Waals surface area contributed by atoms with Crippen LogP contribution in [0.5, 0.6) is 0 Å². The van der Waals surface area contributed by atoms with Crippen molar-refractivity contribution < 1.29 is 4.52 Å². The summed E-state index contributed by atoms with van der Waals surface area (Å²) in [5.74, 6) is 3.38. The molecule has 1 aliphatic rings. The third kappa shape index (κ3) is 2.57. The van der Waals surface area contributed by atoms with E-state index in [1.807, 2.05) is 17.5 Å². The van der Waals surface area contributed by atoms with Gasteiger partial charge >= 0.3 is 0 Å². The van der Waals surface area contributed by atoms with Crippen LogP contribution in [0.3, 0.4) is 0 Å². The fourth-order valence-corrected chi connectivity index (χ4v) is 3.54. The third-order valence-corrected chi connectivity index (χ3v) is 5.13. The van der Waals surface area contributed by atoms with Gasteiger partial charge < -0.3 is 9.09 Å². The summed E-state index contributed by atoms with van der Waals surface area (Å²) in [5.41, 5.74) is 0. The van der Waals surface area contributed by atoms with Crippen LogP contribution in [0.2, 0.25) is 0 Å². The Kier molecular flexibility index (Phi) is 3.70. The normalized spacial score (nSPS) is 16.4. The zero-order valence-corrected chi connectivity index (χ0v) is 14.0. The van der Waals surface area contributed by atoms with Crippen molar-refractivity contribution in [2.75, 3.05) is 6.54 Å². The van der Waals surface area contributed by atoms with Gasteiger partial charge in [-0.25, -0.2) is 0 Å². The van der Waals surface area contributed by atoms with E-state index in [0.29, 0.717) is 11.7 Å². The molecule has 0 unspecified atom stereocenters. The number of nitrogens with zero attached hydrogens (tertiary/aromatic N) is 6. The van der Waals surface area contributed by atoms with Crippen molar-refractivity contribution in [1.82, 2.24) is 29.8 Å². The Balaban J connectivity index is 1.52. The Hall–Kier alpha value is -2.06. The maximum Gasteiger partial charge on any atom is 0.244 e. The molecule has 4 rings (SSSR count). The quantitative estimate of drug-likeness (QED) is 0.732. The van der Waals surface area contributed by atoms with Crippen LogP contribution in [0, 0.1) is 0 Å². The number of aromatic nitrogens is 5. The molecular formula is C15H18N6OS. The number of rotatable bonds is 4. The topological polar surface area (TPSA) is 72.9 Å². The predicted molar refractivity (Wildman–Crippen MR) is 85.8 cm³/mol. The molecule has 0 radical (unpaired) electrons. The molecule has 4 heterocycles. The summed E-state index contributed by atoms with van der Waals surface area (Å²) in [6, 6.07) is 4.05. The molecule has 7 nitrogen and oxygen atoms in total. The van der Waals surface area contributed by atoms with E-state index in [1.54, 1.807) is 11.3 Å². The highest BCUT2D eigenvalue weighted by molar-refractivity contribution is 7.13. The Bertz CT molecular complexity index is 793. The van der Waals surface area contributed by atoms with Gasteiger partial charge in [0.1, 0.15) is 11.6 Å². The van der Waals surface area contributed by atoms with E-state index in [-0.39, 0.29) is 6.04 Å². The maximum atomic E-state index is 5.48. The van der Waals surface area contributed by atoms with E-state index in [9.17, 15) is 0 Å². The van der Waals surface area contributed by atoms with Crippen molar-refractivity contribution in [3.05, 3.63) is 35.1 Å². The van der Waals surface area contributed by atoms with Gasteiger partial charge in [-0.1, -0.05) is 18.1 Å². The molecular weight excluding hydrogens is 312 g/mol. The summed E-state index contributed by atoms with van der Waals surface area (Å²) >= 11 is 1.61. The summed E-state index contributed by atoms with van der Waals surface area (Å²) in [4.78, 5) is 7.88. The first-order chi connectivity index (χ1) is 11.3. The van der Waals surface area contributed by atoms with Crippen molar-refractivity contribution in [3.63, 3.8) is 0 Å². The predicted octanol–water partition coefficient (Wildman–Crippen LogP) is 2.53. The Morgan fingerprint density at radius 1 is 1.35 bits per heavy atom.